The number of nitrogens with one attached hydrogen (secondary N) is 1. The van der Waals surface area contributed by atoms with E-state index < -0.39 is 0 Å². The number of hydrogen-bond acceptors (Lipinski definition) is 3. The van der Waals surface area contributed by atoms with E-state index in [9.17, 15) is 14.0 Å². The van der Waals surface area contributed by atoms with E-state index in [2.05, 4.69) is 5.32 Å². The first-order valence-electron chi connectivity index (χ1n) is 7.61. The molecular weight excluding hydrogens is 311 g/mol. The lowest BCUT2D eigenvalue weighted by Gasteiger charge is -2.26. The van der Waals surface area contributed by atoms with E-state index in [1.165, 1.54) is 11.0 Å². The van der Waals surface area contributed by atoms with Crippen molar-refractivity contribution >= 4 is 23.2 Å². The van der Waals surface area contributed by atoms with Gasteiger partial charge in [-0.25, -0.2) is 4.39 Å². The van der Waals surface area contributed by atoms with Gasteiger partial charge in [-0.3, -0.25) is 9.59 Å². The van der Waals surface area contributed by atoms with E-state index >= 15 is 0 Å². The van der Waals surface area contributed by atoms with Gasteiger partial charge in [0.15, 0.2) is 6.61 Å². The normalized spacial score (nSPS) is 13.2. The zero-order chi connectivity index (χ0) is 17.1. The first kappa shape index (κ1) is 16.0. The second-order valence-corrected chi connectivity index (χ2v) is 5.56. The highest BCUT2D eigenvalue weighted by molar-refractivity contribution is 5.99. The summed E-state index contributed by atoms with van der Waals surface area (Å²) in [5.74, 6) is -0.0766. The minimum atomic E-state index is -0.309. The summed E-state index contributed by atoms with van der Waals surface area (Å²) in [6.45, 7) is 0.0118. The second-order valence-electron chi connectivity index (χ2n) is 5.56. The zero-order valence-corrected chi connectivity index (χ0v) is 13.2. The number of benzene rings is 2. The summed E-state index contributed by atoms with van der Waals surface area (Å²) in [5, 5.41) is 2.76. The van der Waals surface area contributed by atoms with Crippen LogP contribution in [0, 0.1) is 5.82 Å². The van der Waals surface area contributed by atoms with Crippen molar-refractivity contribution in [2.75, 3.05) is 23.9 Å². The van der Waals surface area contributed by atoms with Gasteiger partial charge in [0.2, 0.25) is 5.91 Å². The molecule has 0 bridgehead atoms. The summed E-state index contributed by atoms with van der Waals surface area (Å²) in [6.07, 6.45) is 0.494. The molecule has 1 heterocycles. The lowest BCUT2D eigenvalue weighted by molar-refractivity contribution is -0.121. The summed E-state index contributed by atoms with van der Waals surface area (Å²) in [7, 11) is 1.66. The Balaban J connectivity index is 1.65. The highest BCUT2D eigenvalue weighted by Crippen LogP contribution is 2.33. The molecule has 0 saturated heterocycles. The molecule has 1 N–H and O–H groups in total. The second kappa shape index (κ2) is 6.70. The predicted molar refractivity (Wildman–Crippen MR) is 88.7 cm³/mol. The van der Waals surface area contributed by atoms with Gasteiger partial charge < -0.3 is 15.0 Å². The molecule has 2 amide bonds. The van der Waals surface area contributed by atoms with Crippen molar-refractivity contribution in [3.8, 4) is 5.75 Å². The fourth-order valence-electron chi connectivity index (χ4n) is 2.52. The molecule has 124 valence electrons. The fourth-order valence-corrected chi connectivity index (χ4v) is 2.52. The standard InChI is InChI=1S/C18H17FN2O3/c1-21-15-10-13(7-8-16(15)24-11-18(21)23)20-17(22)9-6-12-4-2-3-5-14(12)19/h2-5,7-8,10H,6,9,11H2,1H3,(H,20,22). The van der Waals surface area contributed by atoms with Crippen LogP contribution in [0.5, 0.6) is 5.75 Å². The number of carbonyl (C=O) groups is 2. The number of fused-ring (bicyclic) bond motifs is 1. The van der Waals surface area contributed by atoms with Crippen LogP contribution < -0.4 is 15.0 Å². The third kappa shape index (κ3) is 3.37. The van der Waals surface area contributed by atoms with Gasteiger partial charge in [0.05, 0.1) is 5.69 Å². The first-order chi connectivity index (χ1) is 11.5. The average molecular weight is 328 g/mol. The molecule has 0 aromatic heterocycles. The highest BCUT2D eigenvalue weighted by atomic mass is 19.1. The van der Waals surface area contributed by atoms with Gasteiger partial charge in [-0.05, 0) is 36.2 Å². The molecule has 1 aliphatic heterocycles. The van der Waals surface area contributed by atoms with Gasteiger partial charge in [-0.1, -0.05) is 18.2 Å². The third-order valence-electron chi connectivity index (χ3n) is 3.91. The third-order valence-corrected chi connectivity index (χ3v) is 3.91. The van der Waals surface area contributed by atoms with Crippen molar-refractivity contribution in [2.45, 2.75) is 12.8 Å². The largest absolute Gasteiger partial charge is 0.482 e. The van der Waals surface area contributed by atoms with Gasteiger partial charge in [0.25, 0.3) is 5.91 Å². The maximum absolute atomic E-state index is 13.6. The number of hydrogen-bond donors (Lipinski definition) is 1. The van der Waals surface area contributed by atoms with Gasteiger partial charge in [0, 0.05) is 19.2 Å². The summed E-state index contributed by atoms with van der Waals surface area (Å²) in [5.41, 5.74) is 1.69. The van der Waals surface area contributed by atoms with Crippen molar-refractivity contribution < 1.29 is 18.7 Å². The molecule has 24 heavy (non-hydrogen) atoms. The Morgan fingerprint density at radius 3 is 2.88 bits per heavy atom. The molecular formula is C18H17FN2O3. The minimum Gasteiger partial charge on any atom is -0.482 e. The molecule has 0 radical (unpaired) electrons. The molecule has 3 rings (SSSR count). The molecule has 1 aliphatic rings. The van der Waals surface area contributed by atoms with Crippen molar-refractivity contribution in [2.24, 2.45) is 0 Å². The quantitative estimate of drug-likeness (QED) is 0.939. The number of halogens is 1. The van der Waals surface area contributed by atoms with Crippen LogP contribution in [0.4, 0.5) is 15.8 Å². The fraction of sp³-hybridized carbons (Fsp3) is 0.222. The SMILES string of the molecule is CN1C(=O)COc2ccc(NC(=O)CCc3ccccc3F)cc21. The molecule has 2 aromatic rings. The van der Waals surface area contributed by atoms with Crippen molar-refractivity contribution in [3.63, 3.8) is 0 Å². The Labute approximate surface area is 139 Å². The first-order valence-corrected chi connectivity index (χ1v) is 7.61. The maximum Gasteiger partial charge on any atom is 0.264 e. The van der Waals surface area contributed by atoms with Crippen LogP contribution in [0.3, 0.4) is 0 Å². The summed E-state index contributed by atoms with van der Waals surface area (Å²) in [6, 6.07) is 11.5. The van der Waals surface area contributed by atoms with Gasteiger partial charge >= 0.3 is 0 Å². The maximum atomic E-state index is 13.6. The molecule has 0 aliphatic carbocycles. The van der Waals surface area contributed by atoms with Crippen molar-refractivity contribution in [1.29, 1.82) is 0 Å². The van der Waals surface area contributed by atoms with Crippen LogP contribution >= 0.6 is 0 Å². The van der Waals surface area contributed by atoms with Gasteiger partial charge in [0.1, 0.15) is 11.6 Å². The van der Waals surface area contributed by atoms with Crippen LogP contribution in [0.2, 0.25) is 0 Å². The Morgan fingerprint density at radius 2 is 2.08 bits per heavy atom. The number of rotatable bonds is 4. The van der Waals surface area contributed by atoms with Crippen LogP contribution in [-0.2, 0) is 16.0 Å². The Bertz CT molecular complexity index is 792. The molecule has 0 saturated carbocycles. The molecule has 6 heteroatoms. The van der Waals surface area contributed by atoms with Gasteiger partial charge in [-0.15, -0.1) is 0 Å². The summed E-state index contributed by atoms with van der Waals surface area (Å²) in [4.78, 5) is 25.2. The Kier molecular flexibility index (Phi) is 4.46. The Morgan fingerprint density at radius 1 is 1.29 bits per heavy atom. The van der Waals surface area contributed by atoms with E-state index in [-0.39, 0.29) is 30.7 Å². The van der Waals surface area contributed by atoms with Crippen LogP contribution in [0.1, 0.15) is 12.0 Å². The number of aryl methyl sites for hydroxylation is 1. The summed E-state index contributed by atoms with van der Waals surface area (Å²) >= 11 is 0. The molecule has 0 atom stereocenters. The van der Waals surface area contributed by atoms with E-state index in [0.29, 0.717) is 29.1 Å². The lowest BCUT2D eigenvalue weighted by Crippen LogP contribution is -2.35. The van der Waals surface area contributed by atoms with Gasteiger partial charge in [-0.2, -0.15) is 0 Å². The molecule has 0 spiro atoms. The topological polar surface area (TPSA) is 58.6 Å². The minimum absolute atomic E-state index is 0.0118. The Hall–Kier alpha value is -2.89. The average Bonchev–Trinajstić information content (AvgIpc) is 2.58. The zero-order valence-electron chi connectivity index (χ0n) is 13.2. The number of ether oxygens (including phenoxy) is 1. The van der Waals surface area contributed by atoms with E-state index in [0.717, 1.165) is 0 Å². The van der Waals surface area contributed by atoms with Crippen LogP contribution in [0.25, 0.3) is 0 Å². The number of carbonyl (C=O) groups excluding carboxylic acids is 2. The lowest BCUT2D eigenvalue weighted by atomic mass is 10.1. The molecule has 0 fully saturated rings. The van der Waals surface area contributed by atoms with E-state index in [1.807, 2.05) is 0 Å². The van der Waals surface area contributed by atoms with Crippen LogP contribution in [-0.4, -0.2) is 25.5 Å². The number of amides is 2. The van der Waals surface area contributed by atoms with Crippen LogP contribution in [0.15, 0.2) is 42.5 Å². The van der Waals surface area contributed by atoms with Crippen molar-refractivity contribution in [1.82, 2.24) is 0 Å². The summed E-state index contributed by atoms with van der Waals surface area (Å²) < 4.78 is 18.9. The smallest absolute Gasteiger partial charge is 0.264 e. The van der Waals surface area contributed by atoms with E-state index in [1.54, 1.807) is 43.4 Å². The number of anilines is 2. The monoisotopic (exact) mass is 328 g/mol. The number of nitrogens with zero attached hydrogens (tertiary/aromatic N) is 1. The number of likely N-dealkylation sites (N-methyl/N-ethyl adjacent to an activating group) is 1. The molecule has 5 nitrogen and oxygen atoms in total. The molecule has 0 unspecified atom stereocenters. The highest BCUT2D eigenvalue weighted by Gasteiger charge is 2.22. The predicted octanol–water partition coefficient (Wildman–Crippen LogP) is 2.75. The van der Waals surface area contributed by atoms with E-state index in [4.69, 9.17) is 4.74 Å². The van der Waals surface area contributed by atoms with Crippen molar-refractivity contribution in [3.05, 3.63) is 53.8 Å². The molecule has 2 aromatic carbocycles.